The van der Waals surface area contributed by atoms with E-state index in [0.717, 1.165) is 0 Å². The van der Waals surface area contributed by atoms with Crippen LogP contribution in [0.3, 0.4) is 0 Å². The van der Waals surface area contributed by atoms with Gasteiger partial charge in [0, 0.05) is 22.9 Å². The van der Waals surface area contributed by atoms with Gasteiger partial charge in [0.15, 0.2) is 0 Å². The summed E-state index contributed by atoms with van der Waals surface area (Å²) in [6.45, 7) is 0. The maximum atomic E-state index is 5.41. The van der Waals surface area contributed by atoms with Crippen molar-refractivity contribution in [2.45, 2.75) is 11.8 Å². The van der Waals surface area contributed by atoms with Crippen molar-refractivity contribution in [2.24, 2.45) is 0 Å². The van der Waals surface area contributed by atoms with E-state index in [1.54, 1.807) is 0 Å². The minimum Gasteiger partial charge on any atom is -0.471 e. The fourth-order valence-electron chi connectivity index (χ4n) is 4.47. The van der Waals surface area contributed by atoms with E-state index in [9.17, 15) is 0 Å². The molecule has 23 heavy (non-hydrogen) atoms. The Morgan fingerprint density at radius 1 is 0.696 bits per heavy atom. The topological polar surface area (TPSA) is 26.0 Å². The van der Waals surface area contributed by atoms with Gasteiger partial charge in [0.2, 0.25) is 0 Å². The van der Waals surface area contributed by atoms with E-state index in [-0.39, 0.29) is 11.8 Å². The molecule has 2 unspecified atom stereocenters. The molecule has 4 aromatic rings. The van der Waals surface area contributed by atoms with E-state index in [2.05, 4.69) is 48.5 Å². The average Bonchev–Trinajstić information content (AvgIpc) is 3.06. The second kappa shape index (κ2) is 3.90. The van der Waals surface area contributed by atoms with Crippen LogP contribution >= 0.6 is 0 Å². The van der Waals surface area contributed by atoms with Crippen molar-refractivity contribution in [3.8, 4) is 0 Å². The Morgan fingerprint density at radius 3 is 2.13 bits per heavy atom. The number of rotatable bonds is 0. The van der Waals surface area contributed by atoms with Crippen LogP contribution in [0.15, 0.2) is 71.7 Å². The van der Waals surface area contributed by atoms with Gasteiger partial charge in [-0.05, 0) is 46.0 Å². The first kappa shape index (κ1) is 11.7. The highest BCUT2D eigenvalue weighted by Gasteiger charge is 2.42. The summed E-state index contributed by atoms with van der Waals surface area (Å²) in [5.41, 5.74) is 8.18. The SMILES string of the molecule is c1ccc2c(c1)C1c3cc4cocc4cc3C2c2ncccc21. The molecule has 2 bridgehead atoms. The Labute approximate surface area is 133 Å². The number of benzene rings is 2. The third kappa shape index (κ3) is 1.32. The number of pyridine rings is 1. The molecular weight excluding hydrogens is 282 g/mol. The summed E-state index contributed by atoms with van der Waals surface area (Å²) in [6.07, 6.45) is 5.59. The molecule has 2 nitrogen and oxygen atoms in total. The summed E-state index contributed by atoms with van der Waals surface area (Å²) in [6, 6.07) is 17.7. The molecule has 0 amide bonds. The van der Waals surface area contributed by atoms with Gasteiger partial charge in [0.05, 0.1) is 24.1 Å². The molecule has 2 atom stereocenters. The van der Waals surface area contributed by atoms with Crippen LogP contribution in [0.1, 0.15) is 45.3 Å². The summed E-state index contributed by atoms with van der Waals surface area (Å²) < 4.78 is 5.41. The van der Waals surface area contributed by atoms with E-state index in [1.807, 2.05) is 18.7 Å². The molecule has 0 N–H and O–H groups in total. The van der Waals surface area contributed by atoms with Crippen LogP contribution in [0, 0.1) is 0 Å². The molecule has 0 fully saturated rings. The maximum Gasteiger partial charge on any atom is 0.0981 e. The van der Waals surface area contributed by atoms with Gasteiger partial charge in [-0.3, -0.25) is 4.98 Å². The summed E-state index contributed by atoms with van der Waals surface area (Å²) in [5, 5.41) is 2.35. The van der Waals surface area contributed by atoms with Gasteiger partial charge in [-0.25, -0.2) is 0 Å². The van der Waals surface area contributed by atoms with Crippen molar-refractivity contribution < 1.29 is 4.42 Å². The Bertz CT molecular complexity index is 960. The lowest BCUT2D eigenvalue weighted by molar-refractivity contribution is 0.572. The second-order valence-electron chi connectivity index (χ2n) is 6.45. The third-order valence-electron chi connectivity index (χ3n) is 5.37. The molecule has 2 aromatic carbocycles. The minimum atomic E-state index is 0.238. The number of hydrogen-bond acceptors (Lipinski definition) is 2. The van der Waals surface area contributed by atoms with Crippen LogP contribution in [-0.4, -0.2) is 4.98 Å². The molecule has 0 aliphatic heterocycles. The molecule has 108 valence electrons. The van der Waals surface area contributed by atoms with E-state index < -0.39 is 0 Å². The molecular formula is C21H13NO. The smallest absolute Gasteiger partial charge is 0.0981 e. The maximum absolute atomic E-state index is 5.41. The minimum absolute atomic E-state index is 0.238. The van der Waals surface area contributed by atoms with Crippen LogP contribution in [0.2, 0.25) is 0 Å². The molecule has 0 saturated heterocycles. The molecule has 2 aromatic heterocycles. The van der Waals surface area contributed by atoms with Crippen LogP contribution < -0.4 is 0 Å². The summed E-state index contributed by atoms with van der Waals surface area (Å²) in [7, 11) is 0. The quantitative estimate of drug-likeness (QED) is 0.402. The second-order valence-corrected chi connectivity index (χ2v) is 6.45. The molecule has 2 heterocycles. The van der Waals surface area contributed by atoms with Crippen LogP contribution in [0.5, 0.6) is 0 Å². The summed E-state index contributed by atoms with van der Waals surface area (Å²) in [4.78, 5) is 4.74. The average molecular weight is 295 g/mol. The van der Waals surface area contributed by atoms with E-state index in [4.69, 9.17) is 9.40 Å². The Hall–Kier alpha value is -2.87. The zero-order valence-electron chi connectivity index (χ0n) is 12.4. The zero-order valence-corrected chi connectivity index (χ0v) is 12.4. The van der Waals surface area contributed by atoms with Gasteiger partial charge in [-0.1, -0.05) is 30.3 Å². The Balaban J connectivity index is 1.78. The standard InChI is InChI=1S/C21H13NO/c1-2-5-15-14(4-1)19-16-6-3-7-22-21(16)20(15)18-9-13-11-23-10-12(13)8-17(18)19/h1-11,19-20H. The molecule has 3 aliphatic carbocycles. The number of nitrogens with zero attached hydrogens (tertiary/aromatic N) is 1. The summed E-state index contributed by atoms with van der Waals surface area (Å²) >= 11 is 0. The fraction of sp³-hybridized carbons (Fsp3) is 0.0952. The number of hydrogen-bond donors (Lipinski definition) is 0. The highest BCUT2D eigenvalue weighted by atomic mass is 16.3. The molecule has 2 heteroatoms. The van der Waals surface area contributed by atoms with Crippen molar-refractivity contribution in [3.63, 3.8) is 0 Å². The van der Waals surface area contributed by atoms with Crippen molar-refractivity contribution >= 4 is 10.8 Å². The first-order valence-corrected chi connectivity index (χ1v) is 7.95. The van der Waals surface area contributed by atoms with Gasteiger partial charge in [0.25, 0.3) is 0 Å². The lowest BCUT2D eigenvalue weighted by Crippen LogP contribution is -2.28. The van der Waals surface area contributed by atoms with E-state index >= 15 is 0 Å². The first-order chi connectivity index (χ1) is 11.4. The highest BCUT2D eigenvalue weighted by Crippen LogP contribution is 2.55. The number of furan rings is 1. The number of aromatic nitrogens is 1. The van der Waals surface area contributed by atoms with Crippen LogP contribution in [0.25, 0.3) is 10.8 Å². The zero-order chi connectivity index (χ0) is 15.0. The van der Waals surface area contributed by atoms with Gasteiger partial charge >= 0.3 is 0 Å². The van der Waals surface area contributed by atoms with Gasteiger partial charge in [-0.2, -0.15) is 0 Å². The van der Waals surface area contributed by atoms with Gasteiger partial charge < -0.3 is 4.42 Å². The Morgan fingerprint density at radius 2 is 1.35 bits per heavy atom. The molecule has 3 aliphatic rings. The number of fused-ring (bicyclic) bond motifs is 1. The third-order valence-corrected chi connectivity index (χ3v) is 5.37. The van der Waals surface area contributed by atoms with Crippen LogP contribution in [0.4, 0.5) is 0 Å². The lowest BCUT2D eigenvalue weighted by atomic mass is 9.62. The predicted octanol–water partition coefficient (Wildman–Crippen LogP) is 4.82. The van der Waals surface area contributed by atoms with Crippen molar-refractivity contribution in [1.29, 1.82) is 0 Å². The van der Waals surface area contributed by atoms with Gasteiger partial charge in [0.1, 0.15) is 0 Å². The monoisotopic (exact) mass is 295 g/mol. The van der Waals surface area contributed by atoms with Crippen molar-refractivity contribution in [3.05, 3.63) is 101 Å². The normalized spacial score (nSPS) is 20.2. The van der Waals surface area contributed by atoms with E-state index in [1.165, 1.54) is 44.3 Å². The largest absolute Gasteiger partial charge is 0.471 e. The highest BCUT2D eigenvalue weighted by molar-refractivity contribution is 5.85. The predicted molar refractivity (Wildman–Crippen MR) is 88.8 cm³/mol. The lowest BCUT2D eigenvalue weighted by Gasteiger charge is -2.41. The molecule has 7 rings (SSSR count). The van der Waals surface area contributed by atoms with Gasteiger partial charge in [-0.15, -0.1) is 0 Å². The van der Waals surface area contributed by atoms with Crippen LogP contribution in [-0.2, 0) is 0 Å². The summed E-state index contributed by atoms with van der Waals surface area (Å²) in [5.74, 6) is 0.524. The molecule has 0 radical (unpaired) electrons. The molecule has 0 spiro atoms. The fourth-order valence-corrected chi connectivity index (χ4v) is 4.47. The van der Waals surface area contributed by atoms with Crippen molar-refractivity contribution in [2.75, 3.05) is 0 Å². The molecule has 0 saturated carbocycles. The van der Waals surface area contributed by atoms with Crippen molar-refractivity contribution in [1.82, 2.24) is 4.98 Å². The first-order valence-electron chi connectivity index (χ1n) is 7.95. The van der Waals surface area contributed by atoms with E-state index in [0.29, 0.717) is 0 Å². The Kier molecular flexibility index (Phi) is 1.98.